The number of aryl methyl sites for hydroxylation is 1. The predicted molar refractivity (Wildman–Crippen MR) is 111 cm³/mol. The van der Waals surface area contributed by atoms with Gasteiger partial charge in [-0.1, -0.05) is 42.0 Å². The van der Waals surface area contributed by atoms with Crippen molar-refractivity contribution in [1.29, 1.82) is 0 Å². The topological polar surface area (TPSA) is 76.0 Å². The highest BCUT2D eigenvalue weighted by atomic mass is 19.3. The SMILES string of the molecule is COC(=O)CCCC=C1O[C@H]2C[C@@H](O)[C@H](C=C[C@@H](O)Cc3cccc(C)c3)[C@H]2C1(F)F. The van der Waals surface area contributed by atoms with Crippen LogP contribution in [0.1, 0.15) is 36.8 Å². The molecule has 1 aliphatic carbocycles. The van der Waals surface area contributed by atoms with E-state index < -0.39 is 41.8 Å². The average Bonchev–Trinajstić information content (AvgIpc) is 3.15. The summed E-state index contributed by atoms with van der Waals surface area (Å²) in [6.45, 7) is 1.96. The molecule has 31 heavy (non-hydrogen) atoms. The van der Waals surface area contributed by atoms with Gasteiger partial charge in [0.15, 0.2) is 5.76 Å². The summed E-state index contributed by atoms with van der Waals surface area (Å²) in [5.41, 5.74) is 2.03. The molecular weight excluding hydrogens is 406 g/mol. The molecule has 0 unspecified atom stereocenters. The zero-order valence-corrected chi connectivity index (χ0v) is 17.8. The number of hydrogen-bond acceptors (Lipinski definition) is 5. The van der Waals surface area contributed by atoms with E-state index in [0.717, 1.165) is 11.1 Å². The Balaban J connectivity index is 1.64. The number of esters is 1. The second-order valence-corrected chi connectivity index (χ2v) is 8.37. The number of allylic oxidation sites excluding steroid dienone is 2. The van der Waals surface area contributed by atoms with E-state index in [9.17, 15) is 15.0 Å². The number of carbonyl (C=O) groups is 1. The van der Waals surface area contributed by atoms with Gasteiger partial charge < -0.3 is 19.7 Å². The number of halogens is 2. The highest BCUT2D eigenvalue weighted by Gasteiger charge is 2.63. The highest BCUT2D eigenvalue weighted by molar-refractivity contribution is 5.69. The number of carbonyl (C=O) groups excluding carboxylic acids is 1. The van der Waals surface area contributed by atoms with E-state index in [0.29, 0.717) is 12.8 Å². The lowest BCUT2D eigenvalue weighted by Crippen LogP contribution is -2.33. The number of methoxy groups -OCH3 is 1. The Hall–Kier alpha value is -2.25. The molecule has 1 heterocycles. The van der Waals surface area contributed by atoms with Crippen molar-refractivity contribution >= 4 is 5.97 Å². The van der Waals surface area contributed by atoms with Crippen LogP contribution in [0, 0.1) is 18.8 Å². The molecule has 1 saturated heterocycles. The standard InChI is InChI=1S/C24H30F2O5/c1-15-6-5-7-16(12-15)13-17(27)10-11-18-19(28)14-20-23(18)24(25,26)21(31-20)8-3-4-9-22(29)30-2/h5-8,10-12,17-20,23,27-28H,3-4,9,13-14H2,1-2H3/t17-,18+,19-,20+,23-/m1/s1. The fourth-order valence-electron chi connectivity index (χ4n) is 4.45. The number of hydrogen-bond donors (Lipinski definition) is 2. The van der Waals surface area contributed by atoms with Gasteiger partial charge in [-0.2, -0.15) is 8.78 Å². The van der Waals surface area contributed by atoms with Crippen molar-refractivity contribution in [3.05, 3.63) is 59.4 Å². The van der Waals surface area contributed by atoms with Gasteiger partial charge in [-0.15, -0.1) is 0 Å². The number of benzene rings is 1. The number of fused-ring (bicyclic) bond motifs is 1. The molecule has 0 aromatic heterocycles. The van der Waals surface area contributed by atoms with Gasteiger partial charge in [-0.3, -0.25) is 4.79 Å². The molecule has 7 heteroatoms. The third kappa shape index (κ3) is 5.52. The maximum atomic E-state index is 15.1. The molecule has 170 valence electrons. The molecule has 1 aliphatic heterocycles. The van der Waals surface area contributed by atoms with Crippen LogP contribution in [0.4, 0.5) is 8.78 Å². The summed E-state index contributed by atoms with van der Waals surface area (Å²) >= 11 is 0. The summed E-state index contributed by atoms with van der Waals surface area (Å²) in [5.74, 6) is -5.99. The van der Waals surface area contributed by atoms with Gasteiger partial charge in [0.1, 0.15) is 6.10 Å². The van der Waals surface area contributed by atoms with Crippen molar-refractivity contribution < 1.29 is 33.3 Å². The van der Waals surface area contributed by atoms with Crippen LogP contribution >= 0.6 is 0 Å². The van der Waals surface area contributed by atoms with Crippen LogP contribution < -0.4 is 0 Å². The average molecular weight is 436 g/mol. The minimum absolute atomic E-state index is 0.114. The Morgan fingerprint density at radius 1 is 1.42 bits per heavy atom. The highest BCUT2D eigenvalue weighted by Crippen LogP contribution is 2.54. The summed E-state index contributed by atoms with van der Waals surface area (Å²) in [6.07, 6.45) is 3.07. The van der Waals surface area contributed by atoms with Crippen LogP contribution in [0.3, 0.4) is 0 Å². The summed E-state index contributed by atoms with van der Waals surface area (Å²) in [6, 6.07) is 7.74. The van der Waals surface area contributed by atoms with Crippen molar-refractivity contribution in [2.75, 3.05) is 7.11 Å². The van der Waals surface area contributed by atoms with Crippen LogP contribution in [-0.2, 0) is 20.7 Å². The van der Waals surface area contributed by atoms with Gasteiger partial charge in [-0.25, -0.2) is 0 Å². The van der Waals surface area contributed by atoms with Crippen LogP contribution in [0.25, 0.3) is 0 Å². The Kier molecular flexibility index (Phi) is 7.49. The monoisotopic (exact) mass is 436 g/mol. The van der Waals surface area contributed by atoms with Crippen LogP contribution in [0.15, 0.2) is 48.3 Å². The zero-order chi connectivity index (χ0) is 22.6. The van der Waals surface area contributed by atoms with Gasteiger partial charge in [-0.05, 0) is 31.4 Å². The lowest BCUT2D eigenvalue weighted by molar-refractivity contribution is -0.140. The molecule has 2 N–H and O–H groups in total. The van der Waals surface area contributed by atoms with Crippen LogP contribution in [0.2, 0.25) is 0 Å². The second-order valence-electron chi connectivity index (χ2n) is 8.37. The molecule has 0 spiro atoms. The molecule has 0 bridgehead atoms. The fraction of sp³-hybridized carbons (Fsp3) is 0.542. The molecule has 3 rings (SSSR count). The maximum Gasteiger partial charge on any atom is 0.310 e. The lowest BCUT2D eigenvalue weighted by Gasteiger charge is -2.22. The summed E-state index contributed by atoms with van der Waals surface area (Å²) in [7, 11) is 1.28. The molecule has 2 aliphatic rings. The Labute approximate surface area is 181 Å². The molecule has 2 fully saturated rings. The zero-order valence-electron chi connectivity index (χ0n) is 17.8. The van der Waals surface area contributed by atoms with Gasteiger partial charge in [0.25, 0.3) is 0 Å². The van der Waals surface area contributed by atoms with E-state index in [2.05, 4.69) is 4.74 Å². The Morgan fingerprint density at radius 2 is 2.19 bits per heavy atom. The minimum atomic E-state index is -3.22. The number of rotatable bonds is 8. The number of ether oxygens (including phenoxy) is 2. The number of aliphatic hydroxyl groups excluding tert-OH is 2. The molecule has 1 aromatic rings. The summed E-state index contributed by atoms with van der Waals surface area (Å²) in [5, 5.41) is 20.7. The van der Waals surface area contributed by atoms with Gasteiger partial charge >= 0.3 is 11.9 Å². The smallest absolute Gasteiger partial charge is 0.310 e. The number of alkyl halides is 2. The van der Waals surface area contributed by atoms with Crippen molar-refractivity contribution in [3.8, 4) is 0 Å². The van der Waals surface area contributed by atoms with E-state index in [4.69, 9.17) is 4.74 Å². The summed E-state index contributed by atoms with van der Waals surface area (Å²) in [4.78, 5) is 11.2. The molecule has 0 amide bonds. The normalized spacial score (nSPS) is 29.2. The molecule has 5 atom stereocenters. The third-order valence-corrected chi connectivity index (χ3v) is 5.98. The van der Waals surface area contributed by atoms with Gasteiger partial charge in [0, 0.05) is 25.2 Å². The molecule has 1 saturated carbocycles. The Morgan fingerprint density at radius 3 is 2.90 bits per heavy atom. The van der Waals surface area contributed by atoms with E-state index in [1.807, 2.05) is 31.2 Å². The minimum Gasteiger partial charge on any atom is -0.488 e. The van der Waals surface area contributed by atoms with Crippen LogP contribution in [0.5, 0.6) is 0 Å². The predicted octanol–water partition coefficient (Wildman–Crippen LogP) is 3.71. The van der Waals surface area contributed by atoms with Crippen molar-refractivity contribution in [2.45, 2.75) is 63.3 Å². The number of unbranched alkanes of at least 4 members (excludes halogenated alkanes) is 1. The fourth-order valence-corrected chi connectivity index (χ4v) is 4.45. The van der Waals surface area contributed by atoms with E-state index in [1.54, 1.807) is 0 Å². The first-order valence-electron chi connectivity index (χ1n) is 10.6. The first kappa shape index (κ1) is 23.4. The van der Waals surface area contributed by atoms with Crippen molar-refractivity contribution in [2.24, 2.45) is 11.8 Å². The van der Waals surface area contributed by atoms with Gasteiger partial charge in [0.05, 0.1) is 25.2 Å². The molecule has 0 radical (unpaired) electrons. The molecule has 5 nitrogen and oxygen atoms in total. The largest absolute Gasteiger partial charge is 0.488 e. The van der Waals surface area contributed by atoms with Gasteiger partial charge in [0.2, 0.25) is 0 Å². The van der Waals surface area contributed by atoms with E-state index in [-0.39, 0.29) is 25.2 Å². The second kappa shape index (κ2) is 9.92. The lowest BCUT2D eigenvalue weighted by atomic mass is 9.87. The first-order valence-corrected chi connectivity index (χ1v) is 10.6. The first-order chi connectivity index (χ1) is 14.7. The quantitative estimate of drug-likeness (QED) is 0.369. The Bertz CT molecular complexity index is 835. The van der Waals surface area contributed by atoms with E-state index in [1.165, 1.54) is 25.3 Å². The van der Waals surface area contributed by atoms with Crippen molar-refractivity contribution in [1.82, 2.24) is 0 Å². The third-order valence-electron chi connectivity index (χ3n) is 5.98. The van der Waals surface area contributed by atoms with Crippen LogP contribution in [-0.4, -0.2) is 47.5 Å². The van der Waals surface area contributed by atoms with E-state index >= 15 is 8.78 Å². The molecular formula is C24H30F2O5. The van der Waals surface area contributed by atoms with Crippen molar-refractivity contribution in [3.63, 3.8) is 0 Å². The molecule has 1 aromatic carbocycles. The maximum absolute atomic E-state index is 15.1. The summed E-state index contributed by atoms with van der Waals surface area (Å²) < 4.78 is 40.2. The number of aliphatic hydroxyl groups is 2.